The van der Waals surface area contributed by atoms with Gasteiger partial charge in [-0.25, -0.2) is 9.59 Å². The van der Waals surface area contributed by atoms with Crippen LogP contribution in [-0.4, -0.2) is 49.0 Å². The van der Waals surface area contributed by atoms with Gasteiger partial charge in [0.1, 0.15) is 0 Å². The van der Waals surface area contributed by atoms with Crippen molar-refractivity contribution >= 4 is 18.4 Å². The number of amides is 3. The zero-order chi connectivity index (χ0) is 11.3. The fourth-order valence-electron chi connectivity index (χ4n) is 1.33. The predicted octanol–water partition coefficient (Wildman–Crippen LogP) is -0.935. The second-order valence-electron chi connectivity index (χ2n) is 3.14. The largest absolute Gasteiger partial charge is 0.437 e. The van der Waals surface area contributed by atoms with Gasteiger partial charge in [0.2, 0.25) is 0 Å². The molecule has 0 unspecified atom stereocenters. The third kappa shape index (κ3) is 3.45. The number of carbonyl (C=O) groups is 3. The van der Waals surface area contributed by atoms with Gasteiger partial charge in [-0.05, 0) is 6.42 Å². The van der Waals surface area contributed by atoms with Gasteiger partial charge in [0.05, 0.1) is 6.54 Å². The van der Waals surface area contributed by atoms with Gasteiger partial charge in [0.25, 0.3) is 0 Å². The molecule has 0 aliphatic carbocycles. The maximum absolute atomic E-state index is 11.3. The Balaban J connectivity index is 2.45. The molecule has 1 saturated heterocycles. The Morgan fingerprint density at radius 3 is 3.00 bits per heavy atom. The molecule has 0 spiro atoms. The van der Waals surface area contributed by atoms with Gasteiger partial charge in [-0.15, -0.1) is 0 Å². The minimum atomic E-state index is -1.02. The van der Waals surface area contributed by atoms with Gasteiger partial charge in [0.15, 0.2) is 12.4 Å². The van der Waals surface area contributed by atoms with E-state index in [0.29, 0.717) is 19.4 Å². The topological polar surface area (TPSA) is 102 Å². The Morgan fingerprint density at radius 1 is 1.73 bits per heavy atom. The number of urea groups is 1. The third-order valence-corrected chi connectivity index (χ3v) is 1.99. The lowest BCUT2D eigenvalue weighted by Gasteiger charge is -2.28. The molecule has 7 nitrogen and oxygen atoms in total. The van der Waals surface area contributed by atoms with Gasteiger partial charge in [-0.3, -0.25) is 4.79 Å². The number of nitrogens with one attached hydrogen (secondary N) is 1. The monoisotopic (exact) mass is 215 g/mol. The molecule has 0 bridgehead atoms. The summed E-state index contributed by atoms with van der Waals surface area (Å²) in [6.45, 7) is 1.20. The maximum Gasteiger partial charge on any atom is 0.405 e. The summed E-state index contributed by atoms with van der Waals surface area (Å²) in [5.74, 6) is 0. The van der Waals surface area contributed by atoms with E-state index in [1.54, 1.807) is 0 Å². The van der Waals surface area contributed by atoms with Crippen LogP contribution in [0.2, 0.25) is 0 Å². The van der Waals surface area contributed by atoms with Crippen LogP contribution in [-0.2, 0) is 9.53 Å². The molecule has 1 atom stereocenters. The first-order valence-electron chi connectivity index (χ1n) is 4.57. The molecular formula is C8H13N3O4. The normalized spacial score (nSPS) is 17.9. The lowest BCUT2D eigenvalue weighted by atomic mass is 10.3. The van der Waals surface area contributed by atoms with Crippen LogP contribution in [0.25, 0.3) is 0 Å². The highest BCUT2D eigenvalue weighted by atomic mass is 16.6. The van der Waals surface area contributed by atoms with Crippen molar-refractivity contribution in [3.05, 3.63) is 0 Å². The lowest BCUT2D eigenvalue weighted by molar-refractivity contribution is -0.115. The summed E-state index contributed by atoms with van der Waals surface area (Å²) < 4.78 is 4.50. The van der Waals surface area contributed by atoms with Crippen LogP contribution >= 0.6 is 0 Å². The average Bonchev–Trinajstić information content (AvgIpc) is 2.19. The number of primary amides is 1. The molecule has 7 heteroatoms. The fourth-order valence-corrected chi connectivity index (χ4v) is 1.33. The van der Waals surface area contributed by atoms with Gasteiger partial charge in [0, 0.05) is 13.1 Å². The van der Waals surface area contributed by atoms with Crippen molar-refractivity contribution in [2.45, 2.75) is 12.5 Å². The maximum atomic E-state index is 11.3. The summed E-state index contributed by atoms with van der Waals surface area (Å²) in [5, 5.41) is 2.61. The smallest absolute Gasteiger partial charge is 0.405 e. The van der Waals surface area contributed by atoms with E-state index in [-0.39, 0.29) is 12.6 Å². The van der Waals surface area contributed by atoms with Crippen molar-refractivity contribution in [1.82, 2.24) is 10.2 Å². The summed E-state index contributed by atoms with van der Waals surface area (Å²) in [4.78, 5) is 33.6. The number of nitrogens with two attached hydrogens (primary N) is 1. The Bertz CT molecular complexity index is 269. The van der Waals surface area contributed by atoms with E-state index >= 15 is 0 Å². The molecule has 3 amide bonds. The van der Waals surface area contributed by atoms with E-state index < -0.39 is 12.2 Å². The van der Waals surface area contributed by atoms with Crippen molar-refractivity contribution in [3.8, 4) is 0 Å². The van der Waals surface area contributed by atoms with Gasteiger partial charge in [-0.1, -0.05) is 0 Å². The first-order valence-corrected chi connectivity index (χ1v) is 4.57. The second kappa shape index (κ2) is 5.18. The Morgan fingerprint density at radius 2 is 2.47 bits per heavy atom. The van der Waals surface area contributed by atoms with Gasteiger partial charge in [-0.2, -0.15) is 0 Å². The summed E-state index contributed by atoms with van der Waals surface area (Å²) in [6, 6.07) is -0.263. The molecule has 0 aromatic rings. The molecule has 84 valence electrons. The van der Waals surface area contributed by atoms with E-state index in [0.717, 1.165) is 6.42 Å². The van der Waals surface area contributed by atoms with Gasteiger partial charge < -0.3 is 20.7 Å². The summed E-state index contributed by atoms with van der Waals surface area (Å²) in [6.07, 6.45) is -0.767. The van der Waals surface area contributed by atoms with Crippen LogP contribution in [0.4, 0.5) is 9.59 Å². The molecular weight excluding hydrogens is 202 g/mol. The minimum Gasteiger partial charge on any atom is -0.437 e. The Kier molecular flexibility index (Phi) is 3.90. The van der Waals surface area contributed by atoms with E-state index in [9.17, 15) is 14.4 Å². The van der Waals surface area contributed by atoms with E-state index in [1.807, 2.05) is 0 Å². The number of ether oxygens (including phenoxy) is 1. The van der Waals surface area contributed by atoms with Crippen molar-refractivity contribution < 1.29 is 19.1 Å². The zero-order valence-electron chi connectivity index (χ0n) is 8.14. The highest BCUT2D eigenvalue weighted by Crippen LogP contribution is 2.01. The SMILES string of the molecule is NC(=O)O[C@H](C=O)CN1CCCNC1=O. The minimum absolute atomic E-state index is 0.0400. The predicted molar refractivity (Wildman–Crippen MR) is 50.1 cm³/mol. The van der Waals surface area contributed by atoms with Crippen molar-refractivity contribution in [2.24, 2.45) is 5.73 Å². The number of rotatable bonds is 4. The summed E-state index contributed by atoms with van der Waals surface area (Å²) in [7, 11) is 0. The van der Waals surface area contributed by atoms with Crippen LogP contribution in [0, 0.1) is 0 Å². The van der Waals surface area contributed by atoms with Crippen molar-refractivity contribution in [1.29, 1.82) is 0 Å². The van der Waals surface area contributed by atoms with Crippen LogP contribution in [0.5, 0.6) is 0 Å². The number of carbonyl (C=O) groups excluding carboxylic acids is 3. The van der Waals surface area contributed by atoms with Crippen LogP contribution in [0.1, 0.15) is 6.42 Å². The second-order valence-corrected chi connectivity index (χ2v) is 3.14. The number of hydrogen-bond acceptors (Lipinski definition) is 4. The van der Waals surface area contributed by atoms with Crippen LogP contribution in [0.3, 0.4) is 0 Å². The number of hydrogen-bond donors (Lipinski definition) is 2. The van der Waals surface area contributed by atoms with Crippen molar-refractivity contribution in [3.63, 3.8) is 0 Å². The highest BCUT2D eigenvalue weighted by molar-refractivity contribution is 5.76. The Hall–Kier alpha value is -1.79. The van der Waals surface area contributed by atoms with Crippen molar-refractivity contribution in [2.75, 3.05) is 19.6 Å². The van der Waals surface area contributed by atoms with Gasteiger partial charge >= 0.3 is 12.1 Å². The summed E-state index contributed by atoms with van der Waals surface area (Å²) >= 11 is 0. The molecule has 0 radical (unpaired) electrons. The number of nitrogens with zero attached hydrogens (tertiary/aromatic N) is 1. The highest BCUT2D eigenvalue weighted by Gasteiger charge is 2.22. The Labute approximate surface area is 86.5 Å². The molecule has 1 aliphatic heterocycles. The average molecular weight is 215 g/mol. The van der Waals surface area contributed by atoms with E-state index in [2.05, 4.69) is 10.1 Å². The molecule has 15 heavy (non-hydrogen) atoms. The third-order valence-electron chi connectivity index (χ3n) is 1.99. The first kappa shape index (κ1) is 11.3. The standard InChI is InChI=1S/C8H13N3O4/c9-7(13)15-6(5-12)4-11-3-1-2-10-8(11)14/h5-6H,1-4H2,(H2,9,13)(H,10,14)/t6-/m0/s1. The number of aldehydes is 1. The first-order chi connectivity index (χ1) is 7.13. The fraction of sp³-hybridized carbons (Fsp3) is 0.625. The van der Waals surface area contributed by atoms with Crippen LogP contribution in [0.15, 0.2) is 0 Å². The summed E-state index contributed by atoms with van der Waals surface area (Å²) in [5.41, 5.74) is 4.77. The van der Waals surface area contributed by atoms with E-state index in [4.69, 9.17) is 5.73 Å². The molecule has 1 heterocycles. The molecule has 0 saturated carbocycles. The lowest BCUT2D eigenvalue weighted by Crippen LogP contribution is -2.50. The molecule has 1 fully saturated rings. The zero-order valence-corrected chi connectivity index (χ0v) is 8.14. The molecule has 1 rings (SSSR count). The quantitative estimate of drug-likeness (QED) is 0.591. The van der Waals surface area contributed by atoms with Crippen LogP contribution < -0.4 is 11.1 Å². The molecule has 0 aromatic carbocycles. The molecule has 0 aromatic heterocycles. The van der Waals surface area contributed by atoms with E-state index in [1.165, 1.54) is 4.90 Å². The molecule has 1 aliphatic rings. The molecule has 3 N–H and O–H groups in total.